The summed E-state index contributed by atoms with van der Waals surface area (Å²) in [6.07, 6.45) is 4.66. The average molecular weight is 372 g/mol. The minimum atomic E-state index is 0.198. The van der Waals surface area contributed by atoms with Crippen molar-refractivity contribution in [2.45, 2.75) is 37.8 Å². The third kappa shape index (κ3) is 3.04. The second kappa shape index (κ2) is 6.91. The van der Waals surface area contributed by atoms with Gasteiger partial charge >= 0.3 is 0 Å². The highest BCUT2D eigenvalue weighted by Gasteiger charge is 2.39. The van der Waals surface area contributed by atoms with Gasteiger partial charge in [0.2, 0.25) is 0 Å². The number of hydrogen-bond donors (Lipinski definition) is 0. The van der Waals surface area contributed by atoms with Crippen LogP contribution in [0.3, 0.4) is 0 Å². The van der Waals surface area contributed by atoms with Gasteiger partial charge in [0, 0.05) is 50.5 Å². The zero-order valence-corrected chi connectivity index (χ0v) is 15.8. The van der Waals surface area contributed by atoms with Crippen molar-refractivity contribution >= 4 is 27.5 Å². The lowest BCUT2D eigenvalue weighted by Crippen LogP contribution is -2.48. The summed E-state index contributed by atoms with van der Waals surface area (Å²) >= 11 is 1.60. The van der Waals surface area contributed by atoms with Gasteiger partial charge in [-0.3, -0.25) is 9.69 Å². The molecule has 5 nitrogen and oxygen atoms in total. The van der Waals surface area contributed by atoms with Crippen LogP contribution in [0.25, 0.3) is 10.2 Å². The van der Waals surface area contributed by atoms with Crippen molar-refractivity contribution in [3.63, 3.8) is 0 Å². The molecule has 138 valence electrons. The number of aromatic nitrogens is 1. The van der Waals surface area contributed by atoms with Crippen molar-refractivity contribution < 1.29 is 9.53 Å². The van der Waals surface area contributed by atoms with E-state index in [-0.39, 0.29) is 5.91 Å². The van der Waals surface area contributed by atoms with Gasteiger partial charge in [0.05, 0.1) is 15.7 Å². The SMILES string of the molecule is O=C(c1ccc2ncsc2c1)N1C[C@@H]2CC[C@H]1CN(C1CCOCC1)C2. The van der Waals surface area contributed by atoms with E-state index in [0.717, 1.165) is 67.9 Å². The summed E-state index contributed by atoms with van der Waals surface area (Å²) in [5.74, 6) is 0.802. The van der Waals surface area contributed by atoms with Crippen LogP contribution in [0.4, 0.5) is 0 Å². The number of ether oxygens (including phenoxy) is 1. The van der Waals surface area contributed by atoms with Crippen LogP contribution >= 0.6 is 11.3 Å². The Labute approximate surface area is 157 Å². The zero-order valence-electron chi connectivity index (χ0n) is 15.0. The van der Waals surface area contributed by atoms with Crippen LogP contribution in [0, 0.1) is 5.92 Å². The number of nitrogens with zero attached hydrogens (tertiary/aromatic N) is 3. The second-order valence-electron chi connectivity index (χ2n) is 7.89. The van der Waals surface area contributed by atoms with Crippen molar-refractivity contribution in [2.24, 2.45) is 5.92 Å². The molecule has 5 heterocycles. The standard InChI is InChI=1S/C20H25N3O2S/c24-20(15-2-4-18-19(9-15)26-13-21-18)23-11-14-1-3-17(23)12-22(10-14)16-5-7-25-8-6-16/h2,4,9,13-14,16-17H,1,3,5-8,10-12H2/t14-,17+/m1/s1. The molecule has 4 saturated heterocycles. The number of fused-ring (bicyclic) bond motifs is 5. The molecule has 2 aromatic rings. The molecule has 0 radical (unpaired) electrons. The van der Waals surface area contributed by atoms with E-state index in [4.69, 9.17) is 4.74 Å². The first kappa shape index (κ1) is 16.7. The summed E-state index contributed by atoms with van der Waals surface area (Å²) in [6.45, 7) is 4.83. The summed E-state index contributed by atoms with van der Waals surface area (Å²) in [5.41, 5.74) is 3.64. The Bertz CT molecular complexity index is 801. The highest BCUT2D eigenvalue weighted by Crippen LogP contribution is 2.32. The zero-order chi connectivity index (χ0) is 17.5. The molecular formula is C20H25N3O2S. The first-order chi connectivity index (χ1) is 12.8. The molecule has 26 heavy (non-hydrogen) atoms. The van der Waals surface area contributed by atoms with Crippen molar-refractivity contribution in [1.82, 2.24) is 14.8 Å². The number of piperidine rings is 1. The van der Waals surface area contributed by atoms with Gasteiger partial charge in [-0.1, -0.05) is 0 Å². The molecule has 0 spiro atoms. The number of amides is 1. The molecule has 0 aliphatic carbocycles. The van der Waals surface area contributed by atoms with Crippen LogP contribution in [0.2, 0.25) is 0 Å². The van der Waals surface area contributed by atoms with Crippen molar-refractivity contribution in [3.8, 4) is 0 Å². The Morgan fingerprint density at radius 2 is 1.96 bits per heavy atom. The molecule has 6 heteroatoms. The minimum Gasteiger partial charge on any atom is -0.381 e. The van der Waals surface area contributed by atoms with E-state index in [0.29, 0.717) is 18.0 Å². The summed E-state index contributed by atoms with van der Waals surface area (Å²) in [6, 6.07) is 6.92. The predicted octanol–water partition coefficient (Wildman–Crippen LogP) is 3.01. The normalized spacial score (nSPS) is 27.8. The molecule has 6 rings (SSSR count). The predicted molar refractivity (Wildman–Crippen MR) is 103 cm³/mol. The topological polar surface area (TPSA) is 45.7 Å². The van der Waals surface area contributed by atoms with Crippen molar-refractivity contribution in [2.75, 3.05) is 32.8 Å². The molecule has 4 aliphatic heterocycles. The largest absolute Gasteiger partial charge is 0.381 e. The fourth-order valence-corrected chi connectivity index (χ4v) is 5.59. The van der Waals surface area contributed by atoms with E-state index in [1.807, 2.05) is 23.7 Å². The van der Waals surface area contributed by atoms with Crippen LogP contribution < -0.4 is 0 Å². The van der Waals surface area contributed by atoms with Gasteiger partial charge in [-0.25, -0.2) is 4.98 Å². The lowest BCUT2D eigenvalue weighted by Gasteiger charge is -2.37. The maximum atomic E-state index is 13.3. The van der Waals surface area contributed by atoms with E-state index in [1.54, 1.807) is 11.3 Å². The monoisotopic (exact) mass is 371 g/mol. The molecule has 0 unspecified atom stereocenters. The van der Waals surface area contributed by atoms with Crippen molar-refractivity contribution in [1.29, 1.82) is 0 Å². The number of hydrogen-bond acceptors (Lipinski definition) is 5. The first-order valence-corrected chi connectivity index (χ1v) is 10.6. The summed E-state index contributed by atoms with van der Waals surface area (Å²) < 4.78 is 6.64. The van der Waals surface area contributed by atoms with E-state index in [1.165, 1.54) is 6.42 Å². The van der Waals surface area contributed by atoms with E-state index >= 15 is 0 Å². The van der Waals surface area contributed by atoms with Crippen molar-refractivity contribution in [3.05, 3.63) is 29.3 Å². The molecular weight excluding hydrogens is 346 g/mol. The molecule has 1 amide bonds. The molecule has 0 saturated carbocycles. The molecule has 4 aliphatic rings. The fourth-order valence-electron chi connectivity index (χ4n) is 4.87. The Balaban J connectivity index is 1.36. The van der Waals surface area contributed by atoms with Crippen LogP contribution in [-0.4, -0.2) is 65.6 Å². The minimum absolute atomic E-state index is 0.198. The lowest BCUT2D eigenvalue weighted by atomic mass is 9.94. The second-order valence-corrected chi connectivity index (χ2v) is 8.77. The Kier molecular flexibility index (Phi) is 4.43. The fraction of sp³-hybridized carbons (Fsp3) is 0.600. The van der Waals surface area contributed by atoms with Gasteiger partial charge in [0.15, 0.2) is 0 Å². The molecule has 2 atom stereocenters. The summed E-state index contributed by atoms with van der Waals surface area (Å²) in [4.78, 5) is 22.4. The number of thiazole rings is 1. The Hall–Kier alpha value is -1.50. The number of benzene rings is 1. The van der Waals surface area contributed by atoms with Crippen LogP contribution in [0.5, 0.6) is 0 Å². The van der Waals surface area contributed by atoms with Gasteiger partial charge in [-0.15, -0.1) is 11.3 Å². The van der Waals surface area contributed by atoms with Gasteiger partial charge in [0.1, 0.15) is 0 Å². The number of carbonyl (C=O) groups excluding carboxylic acids is 1. The van der Waals surface area contributed by atoms with Crippen LogP contribution in [0.1, 0.15) is 36.0 Å². The van der Waals surface area contributed by atoms with E-state index < -0.39 is 0 Å². The summed E-state index contributed by atoms with van der Waals surface area (Å²) in [7, 11) is 0. The van der Waals surface area contributed by atoms with E-state index in [2.05, 4.69) is 14.8 Å². The quantitative estimate of drug-likeness (QED) is 0.814. The first-order valence-electron chi connectivity index (χ1n) is 9.74. The van der Waals surface area contributed by atoms with Gasteiger partial charge in [-0.2, -0.15) is 0 Å². The molecule has 1 aromatic carbocycles. The number of carbonyl (C=O) groups is 1. The number of rotatable bonds is 2. The third-order valence-electron chi connectivity index (χ3n) is 6.29. The maximum Gasteiger partial charge on any atom is 0.254 e. The average Bonchev–Trinajstić information content (AvgIpc) is 2.97. The highest BCUT2D eigenvalue weighted by atomic mass is 32.1. The summed E-state index contributed by atoms with van der Waals surface area (Å²) in [5, 5.41) is 0. The molecule has 2 bridgehead atoms. The molecule has 4 fully saturated rings. The van der Waals surface area contributed by atoms with Gasteiger partial charge in [-0.05, 0) is 49.8 Å². The lowest BCUT2D eigenvalue weighted by molar-refractivity contribution is 0.0304. The van der Waals surface area contributed by atoms with Gasteiger partial charge < -0.3 is 9.64 Å². The third-order valence-corrected chi connectivity index (χ3v) is 7.08. The van der Waals surface area contributed by atoms with Gasteiger partial charge in [0.25, 0.3) is 5.91 Å². The smallest absolute Gasteiger partial charge is 0.254 e. The van der Waals surface area contributed by atoms with Crippen LogP contribution in [0.15, 0.2) is 23.7 Å². The Morgan fingerprint density at radius 3 is 2.85 bits per heavy atom. The van der Waals surface area contributed by atoms with E-state index in [9.17, 15) is 4.79 Å². The molecule has 0 N–H and O–H groups in total. The molecule has 1 aromatic heterocycles. The highest BCUT2D eigenvalue weighted by molar-refractivity contribution is 7.16. The maximum absolute atomic E-state index is 13.3. The van der Waals surface area contributed by atoms with Crippen LogP contribution in [-0.2, 0) is 4.74 Å². The Morgan fingerprint density at radius 1 is 1.08 bits per heavy atom.